The maximum Gasteiger partial charge on any atom is 0.341 e. The molecule has 1 saturated heterocycles. The van der Waals surface area contributed by atoms with Crippen LogP contribution >= 0.6 is 0 Å². The zero-order valence-electron chi connectivity index (χ0n) is 15.3. The van der Waals surface area contributed by atoms with Crippen molar-refractivity contribution >= 4 is 11.9 Å². The number of rotatable bonds is 7. The van der Waals surface area contributed by atoms with Crippen LogP contribution in [0.4, 0.5) is 0 Å². The Morgan fingerprint density at radius 2 is 2.00 bits per heavy atom. The molecule has 0 saturated carbocycles. The molecule has 1 aliphatic rings. The summed E-state index contributed by atoms with van der Waals surface area (Å²) < 4.78 is 10.6. The van der Waals surface area contributed by atoms with Crippen molar-refractivity contribution in [2.24, 2.45) is 0 Å². The Morgan fingerprint density at radius 1 is 1.22 bits per heavy atom. The van der Waals surface area contributed by atoms with Crippen LogP contribution in [0.25, 0.3) is 0 Å². The van der Waals surface area contributed by atoms with Crippen LogP contribution in [0.15, 0.2) is 48.5 Å². The highest BCUT2D eigenvalue weighted by molar-refractivity contribution is 5.94. The number of carboxylic acid groups (broad SMARTS) is 1. The van der Waals surface area contributed by atoms with Gasteiger partial charge in [-0.1, -0.05) is 24.3 Å². The van der Waals surface area contributed by atoms with Crippen LogP contribution in [0.1, 0.15) is 33.8 Å². The lowest BCUT2D eigenvalue weighted by molar-refractivity contribution is -0.139. The first-order valence-electron chi connectivity index (χ1n) is 8.89. The van der Waals surface area contributed by atoms with E-state index in [4.69, 9.17) is 14.6 Å². The third-order valence-corrected chi connectivity index (χ3v) is 4.59. The summed E-state index contributed by atoms with van der Waals surface area (Å²) in [6, 6.07) is 14.8. The summed E-state index contributed by atoms with van der Waals surface area (Å²) in [6.45, 7) is 1.56. The summed E-state index contributed by atoms with van der Waals surface area (Å²) in [5.74, 6) is -0.208. The normalized spacial score (nSPS) is 16.1. The van der Waals surface area contributed by atoms with E-state index in [0.29, 0.717) is 30.4 Å². The van der Waals surface area contributed by atoms with Gasteiger partial charge in [0.25, 0.3) is 5.91 Å². The van der Waals surface area contributed by atoms with Gasteiger partial charge in [0.15, 0.2) is 6.61 Å². The quantitative estimate of drug-likeness (QED) is 0.812. The molecular formula is C21H23NO5. The average molecular weight is 369 g/mol. The van der Waals surface area contributed by atoms with Gasteiger partial charge in [-0.05, 0) is 41.8 Å². The number of nitrogens with zero attached hydrogens (tertiary/aromatic N) is 1. The van der Waals surface area contributed by atoms with Gasteiger partial charge in [-0.25, -0.2) is 4.79 Å². The monoisotopic (exact) mass is 369 g/mol. The Kier molecular flexibility index (Phi) is 6.08. The van der Waals surface area contributed by atoms with Gasteiger partial charge in [0.2, 0.25) is 0 Å². The van der Waals surface area contributed by atoms with E-state index in [1.165, 1.54) is 0 Å². The summed E-state index contributed by atoms with van der Waals surface area (Å²) >= 11 is 0. The zero-order valence-corrected chi connectivity index (χ0v) is 15.3. The van der Waals surface area contributed by atoms with Crippen LogP contribution in [0.5, 0.6) is 5.75 Å². The van der Waals surface area contributed by atoms with Crippen LogP contribution in [-0.2, 0) is 16.1 Å². The SMILES string of the molecule is CN(Cc1ccc(OCC(=O)O)cc1)C(=O)c1cccc(C2CCOC2)c1. The second kappa shape index (κ2) is 8.68. The van der Waals surface area contributed by atoms with E-state index in [-0.39, 0.29) is 12.5 Å². The zero-order chi connectivity index (χ0) is 19.2. The molecule has 6 nitrogen and oxygen atoms in total. The number of carboxylic acids is 1. The van der Waals surface area contributed by atoms with Gasteiger partial charge in [-0.15, -0.1) is 0 Å². The molecule has 0 radical (unpaired) electrons. The molecule has 0 aromatic heterocycles. The lowest BCUT2D eigenvalue weighted by atomic mass is 9.96. The molecule has 2 aromatic carbocycles. The number of carbonyl (C=O) groups excluding carboxylic acids is 1. The summed E-state index contributed by atoms with van der Waals surface area (Å²) in [4.78, 5) is 25.0. The van der Waals surface area contributed by atoms with E-state index in [0.717, 1.165) is 24.2 Å². The summed E-state index contributed by atoms with van der Waals surface area (Å²) in [5, 5.41) is 8.63. The van der Waals surface area contributed by atoms with E-state index in [2.05, 4.69) is 0 Å². The van der Waals surface area contributed by atoms with Crippen molar-refractivity contribution in [3.05, 3.63) is 65.2 Å². The number of aliphatic carboxylic acids is 1. The van der Waals surface area contributed by atoms with E-state index in [1.807, 2.05) is 36.4 Å². The second-order valence-electron chi connectivity index (χ2n) is 6.67. The molecule has 1 atom stereocenters. The number of hydrogen-bond acceptors (Lipinski definition) is 4. The Labute approximate surface area is 158 Å². The molecule has 1 aliphatic heterocycles. The highest BCUT2D eigenvalue weighted by atomic mass is 16.5. The molecule has 1 fully saturated rings. The fraction of sp³-hybridized carbons (Fsp3) is 0.333. The Morgan fingerprint density at radius 3 is 2.67 bits per heavy atom. The average Bonchev–Trinajstić information content (AvgIpc) is 3.22. The fourth-order valence-electron chi connectivity index (χ4n) is 3.13. The van der Waals surface area contributed by atoms with Gasteiger partial charge >= 0.3 is 5.97 Å². The Balaban J connectivity index is 1.62. The third-order valence-electron chi connectivity index (χ3n) is 4.59. The van der Waals surface area contributed by atoms with Gasteiger partial charge in [0.1, 0.15) is 5.75 Å². The van der Waals surface area contributed by atoms with Crippen LogP contribution in [0.3, 0.4) is 0 Å². The minimum atomic E-state index is -1.02. The van der Waals surface area contributed by atoms with Gasteiger partial charge in [-0.3, -0.25) is 4.79 Å². The first-order valence-corrected chi connectivity index (χ1v) is 8.89. The van der Waals surface area contributed by atoms with Crippen molar-refractivity contribution in [3.8, 4) is 5.75 Å². The van der Waals surface area contributed by atoms with Gasteiger partial charge in [0.05, 0.1) is 6.61 Å². The molecule has 3 rings (SSSR count). The molecule has 1 N–H and O–H groups in total. The van der Waals surface area contributed by atoms with Crippen molar-refractivity contribution in [2.45, 2.75) is 18.9 Å². The standard InChI is InChI=1S/C21H23NO5/c1-22(12-15-5-7-19(8-6-15)27-14-20(23)24)21(25)17-4-2-3-16(11-17)18-9-10-26-13-18/h2-8,11,18H,9-10,12-14H2,1H3,(H,23,24). The largest absolute Gasteiger partial charge is 0.482 e. The Hall–Kier alpha value is -2.86. The van der Waals surface area contributed by atoms with Crippen LogP contribution in [0, 0.1) is 0 Å². The van der Waals surface area contributed by atoms with Crippen LogP contribution in [-0.4, -0.2) is 48.8 Å². The molecule has 1 amide bonds. The van der Waals surface area contributed by atoms with E-state index < -0.39 is 5.97 Å². The fourth-order valence-corrected chi connectivity index (χ4v) is 3.13. The number of carbonyl (C=O) groups is 2. The molecular weight excluding hydrogens is 346 g/mol. The van der Waals surface area contributed by atoms with Crippen molar-refractivity contribution in [1.29, 1.82) is 0 Å². The molecule has 27 heavy (non-hydrogen) atoms. The molecule has 142 valence electrons. The first-order chi connectivity index (χ1) is 13.0. The molecule has 1 heterocycles. The maximum atomic E-state index is 12.8. The second-order valence-corrected chi connectivity index (χ2v) is 6.67. The molecule has 0 bridgehead atoms. The van der Waals surface area contributed by atoms with Crippen LogP contribution in [0.2, 0.25) is 0 Å². The van der Waals surface area contributed by atoms with E-state index in [9.17, 15) is 9.59 Å². The minimum absolute atomic E-state index is 0.0398. The lowest BCUT2D eigenvalue weighted by Crippen LogP contribution is -2.26. The van der Waals surface area contributed by atoms with Crippen molar-refractivity contribution < 1.29 is 24.2 Å². The molecule has 1 unspecified atom stereocenters. The van der Waals surface area contributed by atoms with Gasteiger partial charge in [-0.2, -0.15) is 0 Å². The van der Waals surface area contributed by atoms with Crippen molar-refractivity contribution in [2.75, 3.05) is 26.9 Å². The molecule has 6 heteroatoms. The smallest absolute Gasteiger partial charge is 0.341 e. The number of benzene rings is 2. The highest BCUT2D eigenvalue weighted by Crippen LogP contribution is 2.26. The predicted molar refractivity (Wildman–Crippen MR) is 100.0 cm³/mol. The van der Waals surface area contributed by atoms with E-state index in [1.54, 1.807) is 24.1 Å². The predicted octanol–water partition coefficient (Wildman–Crippen LogP) is 2.93. The minimum Gasteiger partial charge on any atom is -0.482 e. The topological polar surface area (TPSA) is 76.1 Å². The summed E-state index contributed by atoms with van der Waals surface area (Å²) in [6.07, 6.45) is 0.990. The molecule has 0 spiro atoms. The highest BCUT2D eigenvalue weighted by Gasteiger charge is 2.19. The van der Waals surface area contributed by atoms with E-state index >= 15 is 0 Å². The van der Waals surface area contributed by atoms with Crippen molar-refractivity contribution in [3.63, 3.8) is 0 Å². The van der Waals surface area contributed by atoms with Gasteiger partial charge in [0, 0.05) is 31.7 Å². The third kappa shape index (κ3) is 5.08. The number of hydrogen-bond donors (Lipinski definition) is 1. The first kappa shape index (κ1) is 18.9. The summed E-state index contributed by atoms with van der Waals surface area (Å²) in [7, 11) is 1.77. The summed E-state index contributed by atoms with van der Waals surface area (Å²) in [5.41, 5.74) is 2.75. The molecule has 2 aromatic rings. The molecule has 0 aliphatic carbocycles. The number of amides is 1. The number of ether oxygens (including phenoxy) is 2. The lowest BCUT2D eigenvalue weighted by Gasteiger charge is -2.18. The van der Waals surface area contributed by atoms with Crippen molar-refractivity contribution in [1.82, 2.24) is 4.90 Å². The maximum absolute atomic E-state index is 12.8. The van der Waals surface area contributed by atoms with Gasteiger partial charge < -0.3 is 19.5 Å². The Bertz CT molecular complexity index is 796. The van der Waals surface area contributed by atoms with Crippen LogP contribution < -0.4 is 4.74 Å².